The van der Waals surface area contributed by atoms with Gasteiger partial charge < -0.3 is 54.0 Å². The van der Waals surface area contributed by atoms with Crippen molar-refractivity contribution in [3.63, 3.8) is 0 Å². The summed E-state index contributed by atoms with van der Waals surface area (Å²) in [6, 6.07) is 9.17. The number of aliphatic hydroxyl groups is 5. The summed E-state index contributed by atoms with van der Waals surface area (Å²) in [6.45, 7) is 1.46. The Bertz CT molecular complexity index is 850. The number of ether oxygens (including phenoxy) is 6. The molecule has 0 bridgehead atoms. The van der Waals surface area contributed by atoms with E-state index in [0.717, 1.165) is 19.4 Å². The van der Waals surface area contributed by atoms with Gasteiger partial charge in [-0.25, -0.2) is 0 Å². The summed E-state index contributed by atoms with van der Waals surface area (Å²) in [4.78, 5) is 23.6. The highest BCUT2D eigenvalue weighted by Gasteiger charge is 2.53. The quantitative estimate of drug-likeness (QED) is 0.226. The molecule has 13 heteroatoms. The number of benzene rings is 1. The average Bonchev–Trinajstić information content (AvgIpc) is 2.84. The van der Waals surface area contributed by atoms with Crippen molar-refractivity contribution in [3.05, 3.63) is 35.9 Å². The Hall–Kier alpha value is -2.20. The first-order valence-electron chi connectivity index (χ1n) is 11.4. The maximum atomic E-state index is 11.8. The molecule has 2 aliphatic heterocycles. The zero-order valence-corrected chi connectivity index (χ0v) is 19.8. The predicted octanol–water partition coefficient (Wildman–Crippen LogP) is -2.03. The van der Waals surface area contributed by atoms with Crippen molar-refractivity contribution >= 4 is 11.9 Å². The van der Waals surface area contributed by atoms with E-state index in [1.54, 1.807) is 0 Å². The summed E-state index contributed by atoms with van der Waals surface area (Å²) >= 11 is 0. The summed E-state index contributed by atoms with van der Waals surface area (Å²) in [5.41, 5.74) is 0.853. The highest BCUT2D eigenvalue weighted by molar-refractivity contribution is 5.67. The third-order valence-electron chi connectivity index (χ3n) is 5.75. The van der Waals surface area contributed by atoms with Crippen LogP contribution >= 0.6 is 0 Å². The Morgan fingerprint density at radius 3 is 2.08 bits per heavy atom. The molecule has 10 atom stereocenters. The molecule has 2 aliphatic rings. The number of hydrogen-bond donors (Lipinski definition) is 5. The Kier molecular flexibility index (Phi) is 10.1. The summed E-state index contributed by atoms with van der Waals surface area (Å²) in [6.07, 6.45) is -15.2. The van der Waals surface area contributed by atoms with E-state index in [1.807, 2.05) is 30.3 Å². The van der Waals surface area contributed by atoms with Crippen LogP contribution in [0.2, 0.25) is 0 Å². The lowest BCUT2D eigenvalue weighted by Gasteiger charge is -2.46. The lowest BCUT2D eigenvalue weighted by atomic mass is 9.96. The molecule has 2 heterocycles. The van der Waals surface area contributed by atoms with Crippen LogP contribution in [0.1, 0.15) is 19.4 Å². The third-order valence-corrected chi connectivity index (χ3v) is 5.75. The molecule has 2 saturated heterocycles. The molecule has 1 aromatic rings. The molecule has 5 N–H and O–H groups in total. The molecule has 0 radical (unpaired) electrons. The number of esters is 2. The van der Waals surface area contributed by atoms with Crippen molar-refractivity contribution in [1.29, 1.82) is 0 Å². The van der Waals surface area contributed by atoms with Crippen molar-refractivity contribution in [2.24, 2.45) is 0 Å². The van der Waals surface area contributed by atoms with Crippen LogP contribution in [0.15, 0.2) is 30.3 Å². The van der Waals surface area contributed by atoms with Gasteiger partial charge in [-0.15, -0.1) is 0 Å². The maximum Gasteiger partial charge on any atom is 0.303 e. The SMILES string of the molecule is CC(=O)O[C@H]1[C@H](O[C@H]2[C@H](O)[C@@H](O)[C@H](O)O[C@@H]2CO)O[C@H](COCc2ccccc2)[C@@H](O)[C@@H]1OC(C)=O. The molecule has 2 fully saturated rings. The largest absolute Gasteiger partial charge is 0.455 e. The number of carbonyl (C=O) groups is 2. The van der Waals surface area contributed by atoms with Gasteiger partial charge in [0.1, 0.15) is 36.6 Å². The Morgan fingerprint density at radius 1 is 0.833 bits per heavy atom. The van der Waals surface area contributed by atoms with E-state index in [-0.39, 0.29) is 13.2 Å². The van der Waals surface area contributed by atoms with Crippen LogP contribution in [-0.2, 0) is 44.6 Å². The zero-order chi connectivity index (χ0) is 26.4. The second kappa shape index (κ2) is 12.9. The monoisotopic (exact) mass is 516 g/mol. The van der Waals surface area contributed by atoms with E-state index in [4.69, 9.17) is 28.4 Å². The first-order chi connectivity index (χ1) is 17.1. The fourth-order valence-electron chi connectivity index (χ4n) is 4.04. The molecule has 0 unspecified atom stereocenters. The van der Waals surface area contributed by atoms with Crippen molar-refractivity contribution in [2.75, 3.05) is 13.2 Å². The van der Waals surface area contributed by atoms with Gasteiger partial charge in [0.25, 0.3) is 0 Å². The first-order valence-corrected chi connectivity index (χ1v) is 11.4. The fraction of sp³-hybridized carbons (Fsp3) is 0.652. The van der Waals surface area contributed by atoms with Gasteiger partial charge in [-0.05, 0) is 5.56 Å². The van der Waals surface area contributed by atoms with Gasteiger partial charge in [-0.1, -0.05) is 30.3 Å². The van der Waals surface area contributed by atoms with Crippen LogP contribution < -0.4 is 0 Å². The summed E-state index contributed by atoms with van der Waals surface area (Å²) in [5, 5.41) is 50.8. The first kappa shape index (κ1) is 28.4. The zero-order valence-electron chi connectivity index (χ0n) is 19.8. The number of rotatable bonds is 9. The number of carbonyl (C=O) groups excluding carboxylic acids is 2. The lowest BCUT2D eigenvalue weighted by Crippen LogP contribution is -2.65. The normalized spacial score (nSPS) is 36.8. The number of aliphatic hydroxyl groups excluding tert-OH is 5. The van der Waals surface area contributed by atoms with Crippen LogP contribution in [0.4, 0.5) is 0 Å². The van der Waals surface area contributed by atoms with Crippen LogP contribution in [-0.4, -0.2) is 112 Å². The maximum absolute atomic E-state index is 11.8. The van der Waals surface area contributed by atoms with Gasteiger partial charge in [-0.3, -0.25) is 9.59 Å². The van der Waals surface area contributed by atoms with Crippen molar-refractivity contribution in [1.82, 2.24) is 0 Å². The average molecular weight is 516 g/mol. The summed E-state index contributed by atoms with van der Waals surface area (Å²) in [7, 11) is 0. The molecule has 36 heavy (non-hydrogen) atoms. The van der Waals surface area contributed by atoms with Gasteiger partial charge in [0.2, 0.25) is 0 Å². The molecule has 13 nitrogen and oxygen atoms in total. The van der Waals surface area contributed by atoms with E-state index in [1.165, 1.54) is 0 Å². The van der Waals surface area contributed by atoms with Crippen molar-refractivity contribution in [2.45, 2.75) is 81.9 Å². The van der Waals surface area contributed by atoms with Gasteiger partial charge in [0, 0.05) is 13.8 Å². The molecule has 0 saturated carbocycles. The van der Waals surface area contributed by atoms with Crippen LogP contribution in [0.3, 0.4) is 0 Å². The molecule has 0 spiro atoms. The van der Waals surface area contributed by atoms with Crippen molar-refractivity contribution < 1.29 is 63.5 Å². The van der Waals surface area contributed by atoms with E-state index < -0.39 is 80.0 Å². The molecular weight excluding hydrogens is 484 g/mol. The summed E-state index contributed by atoms with van der Waals surface area (Å²) in [5.74, 6) is -1.59. The second-order valence-electron chi connectivity index (χ2n) is 8.51. The Labute approximate surface area is 207 Å². The van der Waals surface area contributed by atoms with Crippen LogP contribution in [0, 0.1) is 0 Å². The molecule has 0 aromatic heterocycles. The molecular formula is C23H32O13. The second-order valence-corrected chi connectivity index (χ2v) is 8.51. The van der Waals surface area contributed by atoms with E-state index in [9.17, 15) is 35.1 Å². The van der Waals surface area contributed by atoms with Crippen LogP contribution in [0.5, 0.6) is 0 Å². The summed E-state index contributed by atoms with van der Waals surface area (Å²) < 4.78 is 32.8. The minimum atomic E-state index is -1.79. The molecule has 0 aliphatic carbocycles. The van der Waals surface area contributed by atoms with E-state index in [2.05, 4.69) is 0 Å². The highest BCUT2D eigenvalue weighted by Crippen LogP contribution is 2.31. The van der Waals surface area contributed by atoms with E-state index in [0.29, 0.717) is 0 Å². The number of hydrogen-bond acceptors (Lipinski definition) is 13. The minimum absolute atomic E-state index is 0.177. The van der Waals surface area contributed by atoms with Crippen LogP contribution in [0.25, 0.3) is 0 Å². The molecule has 3 rings (SSSR count). The standard InChI is InChI=1S/C23H32O13/c1-11(25)32-20-16(27)15(10-31-9-13-6-4-3-5-7-13)35-23(21(20)33-12(2)26)36-19-14(8-24)34-22(30)18(29)17(19)28/h3-7,14-24,27-30H,8-10H2,1-2H3/t14-,15-,16-,17-,18-,19-,20+,21-,22-,23+/m1/s1. The van der Waals surface area contributed by atoms with Gasteiger partial charge in [0.15, 0.2) is 24.8 Å². The predicted molar refractivity (Wildman–Crippen MR) is 117 cm³/mol. The Balaban J connectivity index is 1.83. The third kappa shape index (κ3) is 6.97. The minimum Gasteiger partial charge on any atom is -0.455 e. The van der Waals surface area contributed by atoms with Gasteiger partial charge in [-0.2, -0.15) is 0 Å². The van der Waals surface area contributed by atoms with Gasteiger partial charge >= 0.3 is 11.9 Å². The fourth-order valence-corrected chi connectivity index (χ4v) is 4.04. The topological polar surface area (TPSA) is 191 Å². The molecule has 1 aromatic carbocycles. The van der Waals surface area contributed by atoms with E-state index >= 15 is 0 Å². The molecule has 202 valence electrons. The van der Waals surface area contributed by atoms with Crippen molar-refractivity contribution in [3.8, 4) is 0 Å². The highest BCUT2D eigenvalue weighted by atomic mass is 16.7. The smallest absolute Gasteiger partial charge is 0.303 e. The molecule has 0 amide bonds. The van der Waals surface area contributed by atoms with Gasteiger partial charge in [0.05, 0.1) is 19.8 Å². The Morgan fingerprint density at radius 2 is 1.47 bits per heavy atom. The lowest BCUT2D eigenvalue weighted by molar-refractivity contribution is -0.356.